The molecular formula is C17H22N3O2S+. The van der Waals surface area contributed by atoms with Crippen LogP contribution in [-0.2, 0) is 17.9 Å². The van der Waals surface area contributed by atoms with Gasteiger partial charge in [0.1, 0.15) is 6.54 Å². The summed E-state index contributed by atoms with van der Waals surface area (Å²) >= 11 is 1.69. The molecule has 3 amide bonds. The molecule has 5 nitrogen and oxygen atoms in total. The van der Waals surface area contributed by atoms with Crippen LogP contribution in [0.5, 0.6) is 0 Å². The van der Waals surface area contributed by atoms with E-state index in [2.05, 4.69) is 29.0 Å². The summed E-state index contributed by atoms with van der Waals surface area (Å²) in [4.78, 5) is 25.9. The Labute approximate surface area is 140 Å². The second kappa shape index (κ2) is 8.45. The summed E-state index contributed by atoms with van der Waals surface area (Å²) in [5, 5.41) is 7.10. The van der Waals surface area contributed by atoms with E-state index in [-0.39, 0.29) is 12.5 Å². The Kier molecular flexibility index (Phi) is 6.31. The number of quaternary nitrogens is 1. The monoisotopic (exact) mass is 332 g/mol. The third-order valence-corrected chi connectivity index (χ3v) is 4.46. The number of carbonyl (C=O) groups is 2. The van der Waals surface area contributed by atoms with Gasteiger partial charge in [-0.05, 0) is 29.5 Å². The minimum Gasteiger partial charge on any atom is -0.334 e. The topological polar surface area (TPSA) is 62.6 Å². The lowest BCUT2D eigenvalue weighted by Gasteiger charge is -2.13. The summed E-state index contributed by atoms with van der Waals surface area (Å²) in [5.74, 6) is -0.276. The predicted molar refractivity (Wildman–Crippen MR) is 91.3 cm³/mol. The number of amides is 3. The average Bonchev–Trinajstić information content (AvgIpc) is 2.91. The number of imide groups is 1. The second-order valence-corrected chi connectivity index (χ2v) is 6.55. The first-order valence-corrected chi connectivity index (χ1v) is 8.38. The molecule has 0 fully saturated rings. The smallest absolute Gasteiger partial charge is 0.321 e. The lowest BCUT2D eigenvalue weighted by molar-refractivity contribution is -0.885. The number of nitrogens with one attached hydrogen (secondary N) is 3. The van der Waals surface area contributed by atoms with Crippen LogP contribution < -0.4 is 15.5 Å². The molecule has 1 heterocycles. The van der Waals surface area contributed by atoms with E-state index in [1.54, 1.807) is 11.3 Å². The van der Waals surface area contributed by atoms with Crippen molar-refractivity contribution in [2.45, 2.75) is 20.0 Å². The Morgan fingerprint density at radius 3 is 2.57 bits per heavy atom. The molecule has 0 bridgehead atoms. The number of carbonyl (C=O) groups excluding carboxylic acids is 2. The number of urea groups is 1. The van der Waals surface area contributed by atoms with Gasteiger partial charge in [0, 0.05) is 6.54 Å². The number of hydrogen-bond donors (Lipinski definition) is 3. The van der Waals surface area contributed by atoms with Crippen molar-refractivity contribution in [2.75, 3.05) is 13.6 Å². The molecule has 6 heteroatoms. The van der Waals surface area contributed by atoms with Gasteiger partial charge in [0.2, 0.25) is 0 Å². The van der Waals surface area contributed by atoms with Gasteiger partial charge in [-0.25, -0.2) is 4.79 Å². The molecule has 1 atom stereocenters. The number of likely N-dealkylation sites (N-methyl/N-ethyl adjacent to an activating group) is 1. The van der Waals surface area contributed by atoms with Gasteiger partial charge >= 0.3 is 6.03 Å². The molecule has 0 aliphatic heterocycles. The lowest BCUT2D eigenvalue weighted by Crippen LogP contribution is -3.08. The Hall–Kier alpha value is -2.18. The van der Waals surface area contributed by atoms with Crippen molar-refractivity contribution in [3.05, 3.63) is 57.8 Å². The maximum Gasteiger partial charge on any atom is 0.321 e. The lowest BCUT2D eigenvalue weighted by atomic mass is 10.2. The first kappa shape index (κ1) is 17.2. The summed E-state index contributed by atoms with van der Waals surface area (Å²) in [6.07, 6.45) is 0. The first-order chi connectivity index (χ1) is 11.0. The molecule has 1 unspecified atom stereocenters. The van der Waals surface area contributed by atoms with E-state index in [4.69, 9.17) is 0 Å². The summed E-state index contributed by atoms with van der Waals surface area (Å²) in [5.41, 5.74) is 2.24. The zero-order valence-corrected chi connectivity index (χ0v) is 14.2. The van der Waals surface area contributed by atoms with E-state index in [1.165, 1.54) is 10.4 Å². The highest BCUT2D eigenvalue weighted by Crippen LogP contribution is 2.13. The minimum atomic E-state index is -0.459. The zero-order valence-electron chi connectivity index (χ0n) is 13.4. The largest absolute Gasteiger partial charge is 0.334 e. The SMILES string of the molecule is Cc1ccsc1C[NH+](C)CC(=O)NC(=O)NCc1ccccc1. The third kappa shape index (κ3) is 5.84. The van der Waals surface area contributed by atoms with E-state index in [0.717, 1.165) is 17.0 Å². The van der Waals surface area contributed by atoms with E-state index in [0.29, 0.717) is 6.54 Å². The highest BCUT2D eigenvalue weighted by atomic mass is 32.1. The molecule has 0 spiro atoms. The van der Waals surface area contributed by atoms with Gasteiger partial charge in [-0.3, -0.25) is 10.1 Å². The summed E-state index contributed by atoms with van der Waals surface area (Å²) in [6.45, 7) is 3.51. The normalized spacial score (nSPS) is 11.7. The summed E-state index contributed by atoms with van der Waals surface area (Å²) in [6, 6.07) is 11.2. The maximum absolute atomic E-state index is 11.9. The van der Waals surface area contributed by atoms with Crippen LogP contribution in [0.4, 0.5) is 4.79 Å². The number of hydrogen-bond acceptors (Lipinski definition) is 3. The molecule has 23 heavy (non-hydrogen) atoms. The van der Waals surface area contributed by atoms with E-state index in [1.807, 2.05) is 37.4 Å². The molecule has 3 N–H and O–H groups in total. The van der Waals surface area contributed by atoms with Crippen LogP contribution in [0.2, 0.25) is 0 Å². The molecule has 0 aliphatic rings. The fraction of sp³-hybridized carbons (Fsp3) is 0.294. The van der Waals surface area contributed by atoms with E-state index < -0.39 is 6.03 Å². The van der Waals surface area contributed by atoms with Crippen molar-refractivity contribution in [1.82, 2.24) is 10.6 Å². The third-order valence-electron chi connectivity index (χ3n) is 3.44. The van der Waals surface area contributed by atoms with Crippen LogP contribution in [0.25, 0.3) is 0 Å². The summed E-state index contributed by atoms with van der Waals surface area (Å²) < 4.78 is 0. The van der Waals surface area contributed by atoms with Crippen molar-refractivity contribution >= 4 is 23.3 Å². The van der Waals surface area contributed by atoms with E-state index >= 15 is 0 Å². The van der Waals surface area contributed by atoms with Crippen molar-refractivity contribution in [3.8, 4) is 0 Å². The molecule has 2 aromatic rings. The molecular weight excluding hydrogens is 310 g/mol. The molecule has 1 aromatic carbocycles. The average molecular weight is 332 g/mol. The van der Waals surface area contributed by atoms with Gasteiger partial charge in [-0.2, -0.15) is 0 Å². The summed E-state index contributed by atoms with van der Waals surface area (Å²) in [7, 11) is 1.95. The Bertz CT molecular complexity index is 655. The fourth-order valence-corrected chi connectivity index (χ4v) is 3.21. The quantitative estimate of drug-likeness (QED) is 0.742. The fourth-order valence-electron chi connectivity index (χ4n) is 2.19. The van der Waals surface area contributed by atoms with Gasteiger partial charge < -0.3 is 10.2 Å². The molecule has 122 valence electrons. The Morgan fingerprint density at radius 1 is 1.17 bits per heavy atom. The number of thiophene rings is 1. The zero-order chi connectivity index (χ0) is 16.7. The Morgan fingerprint density at radius 2 is 1.91 bits per heavy atom. The van der Waals surface area contributed by atoms with Crippen LogP contribution in [0, 0.1) is 6.92 Å². The van der Waals surface area contributed by atoms with E-state index in [9.17, 15) is 9.59 Å². The first-order valence-electron chi connectivity index (χ1n) is 7.50. The van der Waals surface area contributed by atoms with Crippen LogP contribution in [-0.4, -0.2) is 25.5 Å². The van der Waals surface area contributed by atoms with Crippen molar-refractivity contribution in [3.63, 3.8) is 0 Å². The van der Waals surface area contributed by atoms with Crippen molar-refractivity contribution in [1.29, 1.82) is 0 Å². The molecule has 1 aromatic heterocycles. The molecule has 0 radical (unpaired) electrons. The van der Waals surface area contributed by atoms with Gasteiger partial charge in [0.15, 0.2) is 6.54 Å². The molecule has 0 saturated carbocycles. The van der Waals surface area contributed by atoms with Crippen molar-refractivity contribution < 1.29 is 14.5 Å². The standard InChI is InChI=1S/C17H21N3O2S/c1-13-8-9-23-15(13)11-20(2)12-16(21)19-17(22)18-10-14-6-4-3-5-7-14/h3-9H,10-12H2,1-2H3,(H2,18,19,21,22)/p+1. The molecule has 0 saturated heterocycles. The van der Waals surface area contributed by atoms with Crippen LogP contribution in [0.1, 0.15) is 16.0 Å². The number of aryl methyl sites for hydroxylation is 1. The van der Waals surface area contributed by atoms with Gasteiger partial charge in [0.25, 0.3) is 5.91 Å². The maximum atomic E-state index is 11.9. The van der Waals surface area contributed by atoms with Crippen LogP contribution >= 0.6 is 11.3 Å². The highest BCUT2D eigenvalue weighted by Gasteiger charge is 2.14. The number of rotatable bonds is 6. The van der Waals surface area contributed by atoms with Crippen LogP contribution in [0.15, 0.2) is 41.8 Å². The minimum absolute atomic E-state index is 0.260. The number of benzene rings is 1. The van der Waals surface area contributed by atoms with Gasteiger partial charge in [-0.15, -0.1) is 11.3 Å². The Balaban J connectivity index is 1.71. The highest BCUT2D eigenvalue weighted by molar-refractivity contribution is 7.10. The van der Waals surface area contributed by atoms with Crippen LogP contribution in [0.3, 0.4) is 0 Å². The van der Waals surface area contributed by atoms with Crippen molar-refractivity contribution in [2.24, 2.45) is 0 Å². The van der Waals surface area contributed by atoms with Gasteiger partial charge in [-0.1, -0.05) is 30.3 Å². The second-order valence-electron chi connectivity index (χ2n) is 5.55. The van der Waals surface area contributed by atoms with Gasteiger partial charge in [0.05, 0.1) is 11.9 Å². The molecule has 0 aliphatic carbocycles. The molecule has 2 rings (SSSR count). The predicted octanol–water partition coefficient (Wildman–Crippen LogP) is 1.10.